The molecular weight excluding hydrogens is 357 g/mol. The summed E-state index contributed by atoms with van der Waals surface area (Å²) in [7, 11) is 0. The Morgan fingerprint density at radius 1 is 1.14 bits per heavy atom. The first-order valence-electron chi connectivity index (χ1n) is 9.75. The molecule has 1 heterocycles. The van der Waals surface area contributed by atoms with E-state index in [1.165, 1.54) is 6.07 Å². The minimum Gasteiger partial charge on any atom is -0.490 e. The number of aryl methyl sites for hydroxylation is 2. The van der Waals surface area contributed by atoms with Crippen molar-refractivity contribution < 1.29 is 18.7 Å². The molecule has 150 valence electrons. The monoisotopic (exact) mass is 385 g/mol. The summed E-state index contributed by atoms with van der Waals surface area (Å²) in [5.74, 6) is 0.285. The van der Waals surface area contributed by atoms with Crippen LogP contribution >= 0.6 is 0 Å². The highest BCUT2D eigenvalue weighted by Crippen LogP contribution is 2.38. The fourth-order valence-corrected chi connectivity index (χ4v) is 3.88. The first kappa shape index (κ1) is 20.3. The normalized spacial score (nSPS) is 16.1. The Morgan fingerprint density at radius 3 is 2.32 bits per heavy atom. The summed E-state index contributed by atoms with van der Waals surface area (Å²) in [6, 6.07) is 10.3. The Hall–Kier alpha value is -2.40. The summed E-state index contributed by atoms with van der Waals surface area (Å²) >= 11 is 0. The van der Waals surface area contributed by atoms with E-state index in [-0.39, 0.29) is 17.8 Å². The molecule has 4 nitrogen and oxygen atoms in total. The quantitative estimate of drug-likeness (QED) is 0.795. The Kier molecular flexibility index (Phi) is 6.04. The number of halogens is 1. The fraction of sp³-hybridized carbons (Fsp3) is 0.435. The molecule has 2 aromatic rings. The van der Waals surface area contributed by atoms with E-state index in [0.29, 0.717) is 37.3 Å². The van der Waals surface area contributed by atoms with Gasteiger partial charge < -0.3 is 14.8 Å². The minimum absolute atomic E-state index is 0.0735. The number of amides is 1. The van der Waals surface area contributed by atoms with Gasteiger partial charge in [-0.3, -0.25) is 4.79 Å². The molecule has 28 heavy (non-hydrogen) atoms. The van der Waals surface area contributed by atoms with Crippen LogP contribution in [0.15, 0.2) is 36.4 Å². The van der Waals surface area contributed by atoms with Gasteiger partial charge in [-0.2, -0.15) is 0 Å². The fourth-order valence-electron chi connectivity index (χ4n) is 3.88. The van der Waals surface area contributed by atoms with Crippen molar-refractivity contribution in [2.45, 2.75) is 52.1 Å². The zero-order valence-electron chi connectivity index (χ0n) is 17.0. The van der Waals surface area contributed by atoms with Crippen LogP contribution in [0, 0.1) is 19.7 Å². The number of benzene rings is 2. The van der Waals surface area contributed by atoms with E-state index in [1.54, 1.807) is 18.2 Å². The zero-order chi connectivity index (χ0) is 20.3. The summed E-state index contributed by atoms with van der Waals surface area (Å²) < 4.78 is 25.9. The molecular formula is C23H28FNO3. The van der Waals surface area contributed by atoms with Crippen molar-refractivity contribution in [3.05, 3.63) is 58.9 Å². The molecule has 2 aromatic carbocycles. The van der Waals surface area contributed by atoms with Crippen molar-refractivity contribution >= 4 is 11.6 Å². The third-order valence-electron chi connectivity index (χ3n) is 5.24. The van der Waals surface area contributed by atoms with Gasteiger partial charge in [0.1, 0.15) is 11.6 Å². The van der Waals surface area contributed by atoms with E-state index in [2.05, 4.69) is 5.32 Å². The predicted molar refractivity (Wildman–Crippen MR) is 108 cm³/mol. The maximum absolute atomic E-state index is 14.6. The number of rotatable bonds is 5. The summed E-state index contributed by atoms with van der Waals surface area (Å²) in [5.41, 5.74) is 2.10. The van der Waals surface area contributed by atoms with Crippen LogP contribution in [0.5, 0.6) is 5.75 Å². The smallest absolute Gasteiger partial charge is 0.235 e. The lowest BCUT2D eigenvalue weighted by molar-refractivity contribution is -0.125. The molecule has 3 rings (SSSR count). The van der Waals surface area contributed by atoms with Crippen molar-refractivity contribution in [1.82, 2.24) is 0 Å². The van der Waals surface area contributed by atoms with Crippen LogP contribution in [0.4, 0.5) is 10.1 Å². The van der Waals surface area contributed by atoms with E-state index in [4.69, 9.17) is 9.47 Å². The molecule has 1 amide bonds. The van der Waals surface area contributed by atoms with Crippen LogP contribution in [-0.2, 0) is 14.9 Å². The van der Waals surface area contributed by atoms with Gasteiger partial charge in [-0.25, -0.2) is 4.39 Å². The van der Waals surface area contributed by atoms with Crippen LogP contribution < -0.4 is 10.1 Å². The first-order valence-corrected chi connectivity index (χ1v) is 9.75. The van der Waals surface area contributed by atoms with Gasteiger partial charge in [-0.05, 0) is 69.9 Å². The molecule has 0 saturated carbocycles. The number of hydrogen-bond acceptors (Lipinski definition) is 3. The number of carbonyl (C=O) groups is 1. The van der Waals surface area contributed by atoms with E-state index in [9.17, 15) is 9.18 Å². The lowest BCUT2D eigenvalue weighted by Crippen LogP contribution is -2.45. The van der Waals surface area contributed by atoms with Crippen molar-refractivity contribution in [2.24, 2.45) is 0 Å². The number of anilines is 1. The van der Waals surface area contributed by atoms with Gasteiger partial charge in [0.25, 0.3) is 0 Å². The second kappa shape index (κ2) is 8.31. The number of ether oxygens (including phenoxy) is 2. The Labute approximate surface area is 166 Å². The van der Waals surface area contributed by atoms with E-state index in [0.717, 1.165) is 16.9 Å². The summed E-state index contributed by atoms with van der Waals surface area (Å²) in [5, 5.41) is 3.02. The first-order chi connectivity index (χ1) is 13.3. The maximum atomic E-state index is 14.6. The second-order valence-electron chi connectivity index (χ2n) is 7.73. The average Bonchev–Trinajstić information content (AvgIpc) is 2.65. The molecule has 1 saturated heterocycles. The maximum Gasteiger partial charge on any atom is 0.235 e. The lowest BCUT2D eigenvalue weighted by atomic mass is 9.73. The summed E-state index contributed by atoms with van der Waals surface area (Å²) in [4.78, 5) is 13.4. The summed E-state index contributed by atoms with van der Waals surface area (Å²) in [6.07, 6.45) is 0.975. The topological polar surface area (TPSA) is 47.6 Å². The lowest BCUT2D eigenvalue weighted by Gasteiger charge is -2.36. The molecule has 1 fully saturated rings. The molecule has 0 bridgehead atoms. The highest BCUT2D eigenvalue weighted by molar-refractivity contribution is 5.99. The molecule has 0 radical (unpaired) electrons. The zero-order valence-corrected chi connectivity index (χ0v) is 17.0. The Morgan fingerprint density at radius 2 is 1.75 bits per heavy atom. The van der Waals surface area contributed by atoms with E-state index >= 15 is 0 Å². The average molecular weight is 385 g/mol. The highest BCUT2D eigenvalue weighted by Gasteiger charge is 2.43. The number of nitrogens with one attached hydrogen (secondary N) is 1. The van der Waals surface area contributed by atoms with E-state index < -0.39 is 5.41 Å². The molecule has 0 atom stereocenters. The molecule has 0 unspecified atom stereocenters. The van der Waals surface area contributed by atoms with Crippen LogP contribution in [0.25, 0.3) is 0 Å². The summed E-state index contributed by atoms with van der Waals surface area (Å²) in [6.45, 7) is 8.75. The van der Waals surface area contributed by atoms with Crippen LogP contribution in [-0.4, -0.2) is 25.2 Å². The van der Waals surface area contributed by atoms with Gasteiger partial charge in [-0.1, -0.05) is 18.2 Å². The predicted octanol–water partition coefficient (Wildman–Crippen LogP) is 4.92. The third-order valence-corrected chi connectivity index (χ3v) is 5.24. The second-order valence-corrected chi connectivity index (χ2v) is 7.73. The van der Waals surface area contributed by atoms with Gasteiger partial charge in [0.15, 0.2) is 0 Å². The van der Waals surface area contributed by atoms with Crippen LogP contribution in [0.3, 0.4) is 0 Å². The third kappa shape index (κ3) is 4.04. The van der Waals surface area contributed by atoms with Gasteiger partial charge in [0.05, 0.1) is 11.5 Å². The largest absolute Gasteiger partial charge is 0.490 e. The van der Waals surface area contributed by atoms with Crippen molar-refractivity contribution in [3.63, 3.8) is 0 Å². The molecule has 5 heteroatoms. The molecule has 0 spiro atoms. The molecule has 0 aromatic heterocycles. The van der Waals surface area contributed by atoms with Crippen molar-refractivity contribution in [1.29, 1.82) is 0 Å². The van der Waals surface area contributed by atoms with Gasteiger partial charge in [-0.15, -0.1) is 0 Å². The highest BCUT2D eigenvalue weighted by atomic mass is 19.1. The molecule has 1 N–H and O–H groups in total. The van der Waals surface area contributed by atoms with Gasteiger partial charge in [0.2, 0.25) is 5.91 Å². The van der Waals surface area contributed by atoms with Crippen molar-refractivity contribution in [3.8, 4) is 5.75 Å². The Bertz CT molecular complexity index is 834. The van der Waals surface area contributed by atoms with Gasteiger partial charge >= 0.3 is 0 Å². The van der Waals surface area contributed by atoms with Crippen LogP contribution in [0.1, 0.15) is 43.4 Å². The molecule has 0 aliphatic carbocycles. The standard InChI is InChI=1S/C23H28FNO3/c1-15(2)28-21-16(3)13-18(14-17(21)4)25-22(26)23(9-11-27-12-10-23)19-7-5-6-8-20(19)24/h5-8,13-15H,9-12H2,1-4H3,(H,25,26). The number of carbonyl (C=O) groups excluding carboxylic acids is 1. The minimum atomic E-state index is -0.932. The van der Waals surface area contributed by atoms with Crippen molar-refractivity contribution in [2.75, 3.05) is 18.5 Å². The van der Waals surface area contributed by atoms with Crippen LogP contribution in [0.2, 0.25) is 0 Å². The number of hydrogen-bond donors (Lipinski definition) is 1. The Balaban J connectivity index is 1.92. The molecule has 1 aliphatic heterocycles. The van der Waals surface area contributed by atoms with E-state index in [1.807, 2.05) is 39.8 Å². The van der Waals surface area contributed by atoms with Gasteiger partial charge in [0, 0.05) is 24.5 Å². The molecule has 1 aliphatic rings. The SMILES string of the molecule is Cc1cc(NC(=O)C2(c3ccccc3F)CCOCC2)cc(C)c1OC(C)C.